The number of carbonyl (C=O) groups is 1. The quantitative estimate of drug-likeness (QED) is 0.837. The zero-order chi connectivity index (χ0) is 15.9. The third-order valence-electron chi connectivity index (χ3n) is 4.30. The zero-order valence-corrected chi connectivity index (χ0v) is 15.1. The minimum absolute atomic E-state index is 0. The van der Waals surface area contributed by atoms with E-state index in [0.717, 1.165) is 31.5 Å². The van der Waals surface area contributed by atoms with Gasteiger partial charge in [0.15, 0.2) is 0 Å². The molecule has 4 nitrogen and oxygen atoms in total. The molecule has 0 spiro atoms. The van der Waals surface area contributed by atoms with Gasteiger partial charge in [-0.2, -0.15) is 0 Å². The van der Waals surface area contributed by atoms with Gasteiger partial charge in [-0.15, -0.1) is 12.4 Å². The van der Waals surface area contributed by atoms with E-state index >= 15 is 0 Å². The first-order chi connectivity index (χ1) is 10.6. The van der Waals surface area contributed by atoms with Crippen LogP contribution in [0.5, 0.6) is 0 Å². The van der Waals surface area contributed by atoms with E-state index in [-0.39, 0.29) is 18.3 Å². The summed E-state index contributed by atoms with van der Waals surface area (Å²) in [5.41, 5.74) is 7.93. The molecule has 3 N–H and O–H groups in total. The number of halogens is 1. The van der Waals surface area contributed by atoms with Gasteiger partial charge >= 0.3 is 0 Å². The molecule has 0 bridgehead atoms. The molecule has 1 aromatic carbocycles. The van der Waals surface area contributed by atoms with Crippen LogP contribution in [-0.2, 0) is 17.9 Å². The number of nitrogens with zero attached hydrogens (tertiary/aromatic N) is 1. The molecule has 2 unspecified atom stereocenters. The Balaban J connectivity index is 0.00000264. The smallest absolute Gasteiger partial charge is 0.221 e. The number of hydrogen-bond acceptors (Lipinski definition) is 3. The molecule has 1 aliphatic rings. The molecule has 130 valence electrons. The van der Waals surface area contributed by atoms with Crippen molar-refractivity contribution in [3.05, 3.63) is 35.4 Å². The zero-order valence-electron chi connectivity index (χ0n) is 14.3. The maximum absolute atomic E-state index is 11.6. The third kappa shape index (κ3) is 6.50. The summed E-state index contributed by atoms with van der Waals surface area (Å²) >= 11 is 0. The first-order valence-electron chi connectivity index (χ1n) is 8.34. The summed E-state index contributed by atoms with van der Waals surface area (Å²) in [6.45, 7) is 8.96. The summed E-state index contributed by atoms with van der Waals surface area (Å²) in [6.07, 6.45) is 1.72. The molecule has 1 saturated heterocycles. The Kier molecular flexibility index (Phi) is 8.59. The van der Waals surface area contributed by atoms with Crippen LogP contribution in [-0.4, -0.2) is 30.4 Å². The van der Waals surface area contributed by atoms with Gasteiger partial charge in [0.2, 0.25) is 5.91 Å². The van der Waals surface area contributed by atoms with Crippen LogP contribution in [0.25, 0.3) is 0 Å². The average Bonchev–Trinajstić information content (AvgIpc) is 2.45. The first kappa shape index (κ1) is 19.9. The second-order valence-electron chi connectivity index (χ2n) is 6.72. The number of carbonyl (C=O) groups excluding carboxylic acids is 1. The fourth-order valence-corrected chi connectivity index (χ4v) is 3.46. The molecule has 2 atom stereocenters. The Morgan fingerprint density at radius 3 is 2.43 bits per heavy atom. The van der Waals surface area contributed by atoms with Gasteiger partial charge in [-0.3, -0.25) is 9.69 Å². The predicted molar refractivity (Wildman–Crippen MR) is 97.4 cm³/mol. The van der Waals surface area contributed by atoms with Gasteiger partial charge in [0.05, 0.1) is 0 Å². The van der Waals surface area contributed by atoms with Crippen LogP contribution in [0.15, 0.2) is 24.3 Å². The van der Waals surface area contributed by atoms with Crippen molar-refractivity contribution < 1.29 is 4.79 Å². The number of benzene rings is 1. The van der Waals surface area contributed by atoms with Crippen molar-refractivity contribution in [2.45, 2.75) is 39.8 Å². The van der Waals surface area contributed by atoms with E-state index in [1.54, 1.807) is 0 Å². The fourth-order valence-electron chi connectivity index (χ4n) is 3.46. The standard InChI is InChI=1S/C18H29N3O.ClH/c1-14-9-15(2)12-21(11-14)13-17-6-4-3-5-16(17)10-20-18(22)7-8-19;/h3-6,14-15H,7-13,19H2,1-2H3,(H,20,22);1H. The van der Waals surface area contributed by atoms with Crippen LogP contribution >= 0.6 is 12.4 Å². The van der Waals surface area contributed by atoms with Crippen LogP contribution < -0.4 is 11.1 Å². The maximum atomic E-state index is 11.6. The molecule has 2 rings (SSSR count). The van der Waals surface area contributed by atoms with E-state index < -0.39 is 0 Å². The molecule has 1 aromatic rings. The maximum Gasteiger partial charge on any atom is 0.221 e. The van der Waals surface area contributed by atoms with E-state index in [0.29, 0.717) is 19.5 Å². The highest BCUT2D eigenvalue weighted by Crippen LogP contribution is 2.23. The summed E-state index contributed by atoms with van der Waals surface area (Å²) in [7, 11) is 0. The number of nitrogens with one attached hydrogen (secondary N) is 1. The van der Waals surface area contributed by atoms with Crippen molar-refractivity contribution in [2.24, 2.45) is 17.6 Å². The molecule has 23 heavy (non-hydrogen) atoms. The molecule has 5 heteroatoms. The summed E-state index contributed by atoms with van der Waals surface area (Å²) in [5, 5.41) is 2.96. The summed E-state index contributed by atoms with van der Waals surface area (Å²) in [6, 6.07) is 8.40. The van der Waals surface area contributed by atoms with Crippen molar-refractivity contribution in [1.82, 2.24) is 10.2 Å². The fraction of sp³-hybridized carbons (Fsp3) is 0.611. The summed E-state index contributed by atoms with van der Waals surface area (Å²) in [4.78, 5) is 14.1. The Morgan fingerprint density at radius 1 is 1.22 bits per heavy atom. The van der Waals surface area contributed by atoms with Crippen LogP contribution in [0, 0.1) is 11.8 Å². The highest BCUT2D eigenvalue weighted by atomic mass is 35.5. The van der Waals surface area contributed by atoms with Crippen molar-refractivity contribution in [1.29, 1.82) is 0 Å². The highest BCUT2D eigenvalue weighted by Gasteiger charge is 2.22. The van der Waals surface area contributed by atoms with E-state index in [4.69, 9.17) is 5.73 Å². The third-order valence-corrected chi connectivity index (χ3v) is 4.30. The molecule has 1 heterocycles. The average molecular weight is 340 g/mol. The number of hydrogen-bond donors (Lipinski definition) is 2. The minimum atomic E-state index is 0. The molecule has 1 fully saturated rings. The lowest BCUT2D eigenvalue weighted by molar-refractivity contribution is -0.121. The number of amides is 1. The number of likely N-dealkylation sites (tertiary alicyclic amines) is 1. The summed E-state index contributed by atoms with van der Waals surface area (Å²) < 4.78 is 0. The minimum Gasteiger partial charge on any atom is -0.352 e. The van der Waals surface area contributed by atoms with Gasteiger partial charge in [0.1, 0.15) is 0 Å². The second-order valence-corrected chi connectivity index (χ2v) is 6.72. The Bertz CT molecular complexity index is 485. The largest absolute Gasteiger partial charge is 0.352 e. The van der Waals surface area contributed by atoms with Crippen LogP contribution in [0.2, 0.25) is 0 Å². The van der Waals surface area contributed by atoms with Crippen LogP contribution in [0.1, 0.15) is 37.8 Å². The number of piperidine rings is 1. The van der Waals surface area contributed by atoms with Gasteiger partial charge in [-0.25, -0.2) is 0 Å². The molecular weight excluding hydrogens is 310 g/mol. The van der Waals surface area contributed by atoms with Gasteiger partial charge in [-0.1, -0.05) is 38.1 Å². The SMILES string of the molecule is CC1CC(C)CN(Cc2ccccc2CNC(=O)CCN)C1.Cl. The van der Waals surface area contributed by atoms with Gasteiger partial charge in [-0.05, 0) is 29.4 Å². The lowest BCUT2D eigenvalue weighted by Gasteiger charge is -2.35. The Hall–Kier alpha value is -1.10. The molecule has 1 amide bonds. The van der Waals surface area contributed by atoms with E-state index in [9.17, 15) is 4.79 Å². The van der Waals surface area contributed by atoms with E-state index in [1.165, 1.54) is 17.5 Å². The topological polar surface area (TPSA) is 58.4 Å². The van der Waals surface area contributed by atoms with Crippen molar-refractivity contribution in [3.8, 4) is 0 Å². The second kappa shape index (κ2) is 9.91. The molecular formula is C18H30ClN3O. The normalized spacial score (nSPS) is 21.5. The predicted octanol–water partition coefficient (Wildman–Crippen LogP) is 2.55. The van der Waals surface area contributed by atoms with Gasteiger partial charge in [0, 0.05) is 39.1 Å². The lowest BCUT2D eigenvalue weighted by atomic mass is 9.91. The van der Waals surface area contributed by atoms with Gasteiger partial charge in [0.25, 0.3) is 0 Å². The van der Waals surface area contributed by atoms with Crippen molar-refractivity contribution in [2.75, 3.05) is 19.6 Å². The Labute approximate surface area is 146 Å². The number of rotatable bonds is 6. The molecule has 0 aliphatic carbocycles. The molecule has 0 aromatic heterocycles. The lowest BCUT2D eigenvalue weighted by Crippen LogP contribution is -2.38. The molecule has 0 radical (unpaired) electrons. The van der Waals surface area contributed by atoms with Crippen LogP contribution in [0.3, 0.4) is 0 Å². The van der Waals surface area contributed by atoms with Gasteiger partial charge < -0.3 is 11.1 Å². The molecule has 0 saturated carbocycles. The van der Waals surface area contributed by atoms with E-state index in [2.05, 4.69) is 42.3 Å². The van der Waals surface area contributed by atoms with Crippen molar-refractivity contribution >= 4 is 18.3 Å². The van der Waals surface area contributed by atoms with Crippen molar-refractivity contribution in [3.63, 3.8) is 0 Å². The summed E-state index contributed by atoms with van der Waals surface area (Å²) in [5.74, 6) is 1.55. The first-order valence-corrected chi connectivity index (χ1v) is 8.34. The molecule has 1 aliphatic heterocycles. The van der Waals surface area contributed by atoms with E-state index in [1.807, 2.05) is 6.07 Å². The monoisotopic (exact) mass is 339 g/mol. The highest BCUT2D eigenvalue weighted by molar-refractivity contribution is 5.85. The van der Waals surface area contributed by atoms with Crippen LogP contribution in [0.4, 0.5) is 0 Å². The number of nitrogens with two attached hydrogens (primary N) is 1. The Morgan fingerprint density at radius 2 is 1.83 bits per heavy atom.